The molecule has 0 aromatic carbocycles. The number of carbonyl (C=O) groups excluding carboxylic acids is 1. The smallest absolute Gasteiger partial charge is 0.353 e. The zero-order chi connectivity index (χ0) is 21.7. The number of aliphatic imine (C=N–C) groups is 1. The highest BCUT2D eigenvalue weighted by atomic mass is 32.2. The zero-order valence-corrected chi connectivity index (χ0v) is 18.2. The van der Waals surface area contributed by atoms with Crippen molar-refractivity contribution in [3.8, 4) is 0 Å². The molecule has 3 fully saturated rings. The van der Waals surface area contributed by atoms with Crippen molar-refractivity contribution in [3.05, 3.63) is 10.6 Å². The van der Waals surface area contributed by atoms with Crippen molar-refractivity contribution in [2.75, 3.05) is 13.1 Å². The number of aliphatic hydroxyl groups excluding tert-OH is 1. The first-order valence-corrected chi connectivity index (χ1v) is 11.5. The molecule has 10 heteroatoms. The van der Waals surface area contributed by atoms with Gasteiger partial charge in [0.1, 0.15) is 5.70 Å². The quantitative estimate of drug-likeness (QED) is 0.261. The molecule has 30 heavy (non-hydrogen) atoms. The molecule has 0 radical (unpaired) electrons. The number of β-lactam (4-membered cyclic amide) rings is 1. The number of nitrogens with zero attached hydrogens (tertiary/aromatic N) is 3. The Morgan fingerprint density at radius 3 is 2.60 bits per heavy atom. The van der Waals surface area contributed by atoms with Crippen LogP contribution in [0.5, 0.6) is 0 Å². The maximum atomic E-state index is 12.4. The highest BCUT2D eigenvalue weighted by Gasteiger charge is 2.60. The topological polar surface area (TPSA) is 145 Å². The Labute approximate surface area is 180 Å². The lowest BCUT2D eigenvalue weighted by Gasteiger charge is -2.47. The van der Waals surface area contributed by atoms with Crippen LogP contribution in [0, 0.1) is 11.8 Å². The van der Waals surface area contributed by atoms with Gasteiger partial charge in [0.25, 0.3) is 0 Å². The second-order valence-electron chi connectivity index (χ2n) is 8.99. The highest BCUT2D eigenvalue weighted by molar-refractivity contribution is 8.03. The molecular formula is C20H31N5O4S. The molecule has 0 spiro atoms. The molecule has 1 saturated carbocycles. The number of aliphatic hydroxyl groups is 1. The summed E-state index contributed by atoms with van der Waals surface area (Å²) in [5.74, 6) is -1.78. The van der Waals surface area contributed by atoms with E-state index < -0.39 is 18.0 Å². The number of aliphatic carboxylic acids is 1. The minimum Gasteiger partial charge on any atom is -0.477 e. The Kier molecular flexibility index (Phi) is 5.75. The summed E-state index contributed by atoms with van der Waals surface area (Å²) >= 11 is 1.60. The van der Waals surface area contributed by atoms with Gasteiger partial charge in [0.15, 0.2) is 5.96 Å². The van der Waals surface area contributed by atoms with Crippen LogP contribution in [0.15, 0.2) is 15.6 Å². The third-order valence-electron chi connectivity index (χ3n) is 6.95. The molecule has 166 valence electrons. The number of carboxylic acid groups (broad SMARTS) is 1. The van der Waals surface area contributed by atoms with Gasteiger partial charge >= 0.3 is 5.97 Å². The van der Waals surface area contributed by atoms with E-state index in [1.54, 1.807) is 18.7 Å². The molecule has 6 N–H and O–H groups in total. The number of hydrogen-bond acceptors (Lipinski definition) is 6. The number of hydrogen-bond donors (Lipinski definition) is 4. The number of carboxylic acids is 1. The average Bonchev–Trinajstić information content (AvgIpc) is 2.86. The molecule has 0 aromatic heterocycles. The van der Waals surface area contributed by atoms with Gasteiger partial charge < -0.3 is 26.6 Å². The van der Waals surface area contributed by atoms with E-state index in [9.17, 15) is 19.8 Å². The van der Waals surface area contributed by atoms with Gasteiger partial charge in [0.2, 0.25) is 5.91 Å². The van der Waals surface area contributed by atoms with Crippen LogP contribution in [0.2, 0.25) is 0 Å². The van der Waals surface area contributed by atoms with Gasteiger partial charge in [-0.3, -0.25) is 14.7 Å². The molecule has 3 aliphatic heterocycles. The Balaban J connectivity index is 1.39. The molecule has 0 aromatic rings. The van der Waals surface area contributed by atoms with Gasteiger partial charge in [-0.1, -0.05) is 6.92 Å². The summed E-state index contributed by atoms with van der Waals surface area (Å²) in [6.07, 6.45) is 3.43. The van der Waals surface area contributed by atoms with Crippen molar-refractivity contribution < 1.29 is 19.8 Å². The number of likely N-dealkylation sites (tertiary alicyclic amines) is 1. The normalized spacial score (nSPS) is 35.5. The Morgan fingerprint density at radius 1 is 1.30 bits per heavy atom. The molecule has 4 unspecified atom stereocenters. The summed E-state index contributed by atoms with van der Waals surface area (Å²) in [6, 6.07) is 0.392. The van der Waals surface area contributed by atoms with E-state index in [2.05, 4.69) is 9.89 Å². The second-order valence-corrected chi connectivity index (χ2v) is 10.3. The molecule has 4 aliphatic rings. The molecule has 1 amide bonds. The first-order valence-electron chi connectivity index (χ1n) is 10.7. The number of nitrogens with two attached hydrogens (primary N) is 2. The molecule has 4 rings (SSSR count). The van der Waals surface area contributed by atoms with Gasteiger partial charge in [0.05, 0.1) is 24.1 Å². The maximum absolute atomic E-state index is 12.4. The summed E-state index contributed by atoms with van der Waals surface area (Å²) in [7, 11) is 0. The van der Waals surface area contributed by atoms with Crippen molar-refractivity contribution in [1.82, 2.24) is 9.80 Å². The van der Waals surface area contributed by atoms with Gasteiger partial charge in [-0.25, -0.2) is 4.79 Å². The van der Waals surface area contributed by atoms with E-state index in [4.69, 9.17) is 11.5 Å². The average molecular weight is 438 g/mol. The van der Waals surface area contributed by atoms with E-state index in [1.807, 2.05) is 6.92 Å². The molecular weight excluding hydrogens is 406 g/mol. The summed E-state index contributed by atoms with van der Waals surface area (Å²) in [5, 5.41) is 20.0. The fourth-order valence-corrected chi connectivity index (χ4v) is 7.04. The largest absolute Gasteiger partial charge is 0.477 e. The number of carbonyl (C=O) groups is 2. The summed E-state index contributed by atoms with van der Waals surface area (Å²) in [4.78, 5) is 33.3. The standard InChI is InChI=1S/C20H31N5O4S/c1-9-15-14(10(2)26)18(27)25(15)16(19(28)29)17(9)30-13-7-24(8-13)12-5-3-4-11(6-12)23-20(21)22/h9-15,26H,3-8H2,1-2H3,(H,28,29)(H4,21,22,23)/t9?,10?,11-,12+,14?,15?/m0/s1. The van der Waals surface area contributed by atoms with Gasteiger partial charge in [-0.2, -0.15) is 0 Å². The predicted octanol–water partition coefficient (Wildman–Crippen LogP) is 0.142. The summed E-state index contributed by atoms with van der Waals surface area (Å²) < 4.78 is 0. The van der Waals surface area contributed by atoms with E-state index in [0.717, 1.165) is 43.7 Å². The first kappa shape index (κ1) is 21.5. The van der Waals surface area contributed by atoms with Crippen LogP contribution < -0.4 is 11.5 Å². The Hall–Kier alpha value is -1.78. The van der Waals surface area contributed by atoms with Crippen LogP contribution in [0.25, 0.3) is 0 Å². The van der Waals surface area contributed by atoms with Crippen molar-refractivity contribution in [2.45, 2.75) is 69.0 Å². The van der Waals surface area contributed by atoms with E-state index in [-0.39, 0.29) is 35.6 Å². The van der Waals surface area contributed by atoms with Gasteiger partial charge in [0, 0.05) is 35.2 Å². The number of rotatable bonds is 6. The highest BCUT2D eigenvalue weighted by Crippen LogP contribution is 2.52. The second kappa shape index (κ2) is 8.05. The fraction of sp³-hybridized carbons (Fsp3) is 0.750. The Morgan fingerprint density at radius 2 is 2.00 bits per heavy atom. The predicted molar refractivity (Wildman–Crippen MR) is 114 cm³/mol. The molecule has 3 heterocycles. The lowest BCUT2D eigenvalue weighted by molar-refractivity contribution is -0.163. The van der Waals surface area contributed by atoms with Crippen molar-refractivity contribution in [3.63, 3.8) is 0 Å². The third-order valence-corrected chi connectivity index (χ3v) is 8.40. The number of thioether (sulfide) groups is 1. The van der Waals surface area contributed by atoms with Crippen molar-refractivity contribution in [1.29, 1.82) is 0 Å². The van der Waals surface area contributed by atoms with Crippen molar-refractivity contribution >= 4 is 29.6 Å². The monoisotopic (exact) mass is 437 g/mol. The number of guanidine groups is 1. The van der Waals surface area contributed by atoms with E-state index >= 15 is 0 Å². The molecule has 0 bridgehead atoms. The molecule has 6 atom stereocenters. The molecule has 1 aliphatic carbocycles. The number of amides is 1. The zero-order valence-electron chi connectivity index (χ0n) is 17.4. The maximum Gasteiger partial charge on any atom is 0.353 e. The fourth-order valence-electron chi connectivity index (χ4n) is 5.50. The van der Waals surface area contributed by atoms with Crippen LogP contribution >= 0.6 is 11.8 Å². The van der Waals surface area contributed by atoms with E-state index in [1.165, 1.54) is 4.90 Å². The first-order chi connectivity index (χ1) is 14.2. The van der Waals surface area contributed by atoms with Crippen LogP contribution in [0.4, 0.5) is 0 Å². The Bertz CT molecular complexity index is 790. The van der Waals surface area contributed by atoms with Crippen molar-refractivity contribution in [2.24, 2.45) is 28.3 Å². The minimum absolute atomic E-state index is 0.0756. The SMILES string of the molecule is CC(O)C1C(=O)N2C(C(=O)O)=C(SC3CN([C@@H]4CCC[C@H](N=C(N)N)C4)C3)C(C)C12. The van der Waals surface area contributed by atoms with Crippen LogP contribution in [-0.2, 0) is 9.59 Å². The van der Waals surface area contributed by atoms with E-state index in [0.29, 0.717) is 11.3 Å². The van der Waals surface area contributed by atoms with Gasteiger partial charge in [-0.05, 0) is 32.6 Å². The molecule has 9 nitrogen and oxygen atoms in total. The lowest BCUT2D eigenvalue weighted by atomic mass is 9.79. The van der Waals surface area contributed by atoms with Crippen LogP contribution in [0.1, 0.15) is 39.5 Å². The lowest BCUT2D eigenvalue weighted by Crippen LogP contribution is -2.63. The number of fused-ring (bicyclic) bond motifs is 1. The van der Waals surface area contributed by atoms with Gasteiger partial charge in [-0.15, -0.1) is 11.8 Å². The summed E-state index contributed by atoms with van der Waals surface area (Å²) in [5.41, 5.74) is 11.2. The summed E-state index contributed by atoms with van der Waals surface area (Å²) in [6.45, 7) is 5.35. The van der Waals surface area contributed by atoms with Crippen LogP contribution in [0.3, 0.4) is 0 Å². The molecule has 2 saturated heterocycles. The third kappa shape index (κ3) is 3.58. The minimum atomic E-state index is -1.06. The van der Waals surface area contributed by atoms with Crippen LogP contribution in [-0.4, -0.2) is 80.4 Å².